The molecule has 1 fully saturated rings. The van der Waals surface area contributed by atoms with Crippen molar-refractivity contribution in [2.75, 3.05) is 11.5 Å². The zero-order valence-electron chi connectivity index (χ0n) is 12.7. The zero-order chi connectivity index (χ0) is 14.5. The van der Waals surface area contributed by atoms with E-state index in [4.69, 9.17) is 0 Å². The van der Waals surface area contributed by atoms with Crippen LogP contribution >= 0.6 is 11.8 Å². The summed E-state index contributed by atoms with van der Waals surface area (Å²) >= 11 is 1.96. The van der Waals surface area contributed by atoms with Crippen molar-refractivity contribution >= 4 is 17.7 Å². The van der Waals surface area contributed by atoms with E-state index in [0.29, 0.717) is 5.92 Å². The number of thioether (sulfide) groups is 1. The van der Waals surface area contributed by atoms with E-state index >= 15 is 0 Å². The maximum atomic E-state index is 11.7. The summed E-state index contributed by atoms with van der Waals surface area (Å²) in [5.74, 6) is 2.60. The monoisotopic (exact) mass is 287 g/mol. The van der Waals surface area contributed by atoms with Gasteiger partial charge in [-0.1, -0.05) is 20.3 Å². The van der Waals surface area contributed by atoms with Crippen molar-refractivity contribution in [3.8, 4) is 0 Å². The quantitative estimate of drug-likeness (QED) is 0.672. The van der Waals surface area contributed by atoms with Crippen LogP contribution in [0.5, 0.6) is 0 Å². The van der Waals surface area contributed by atoms with Crippen molar-refractivity contribution in [3.63, 3.8) is 0 Å². The van der Waals surface area contributed by atoms with Crippen LogP contribution in [0, 0.1) is 11.8 Å². The SMILES string of the molecule is CC(C)CSCCC1CCCC1(NC(C)C)C(=O)O. The van der Waals surface area contributed by atoms with Crippen molar-refractivity contribution in [2.45, 2.75) is 65.0 Å². The first-order valence-corrected chi connectivity index (χ1v) is 8.62. The van der Waals surface area contributed by atoms with Crippen molar-refractivity contribution < 1.29 is 9.90 Å². The van der Waals surface area contributed by atoms with Crippen LogP contribution in [0.1, 0.15) is 53.4 Å². The third-order valence-corrected chi connectivity index (χ3v) is 5.24. The Labute approximate surface area is 121 Å². The third kappa shape index (κ3) is 4.67. The van der Waals surface area contributed by atoms with E-state index in [2.05, 4.69) is 19.2 Å². The average Bonchev–Trinajstić information content (AvgIpc) is 2.67. The molecule has 0 aromatic heterocycles. The molecule has 0 saturated heterocycles. The van der Waals surface area contributed by atoms with Crippen LogP contribution in [0.2, 0.25) is 0 Å². The molecule has 1 rings (SSSR count). The standard InChI is InChI=1S/C15H29NO2S/c1-11(2)10-19-9-7-13-6-5-8-15(13,14(17)18)16-12(3)4/h11-13,16H,5-10H2,1-4H3,(H,17,18). The van der Waals surface area contributed by atoms with E-state index in [1.54, 1.807) is 0 Å². The lowest BCUT2D eigenvalue weighted by atomic mass is 9.84. The number of hydrogen-bond donors (Lipinski definition) is 2. The second-order valence-electron chi connectivity index (χ2n) is 6.42. The van der Waals surface area contributed by atoms with Gasteiger partial charge in [0.1, 0.15) is 5.54 Å². The molecule has 112 valence electrons. The smallest absolute Gasteiger partial charge is 0.324 e. The first-order chi connectivity index (χ1) is 8.88. The van der Waals surface area contributed by atoms with E-state index in [-0.39, 0.29) is 12.0 Å². The summed E-state index contributed by atoms with van der Waals surface area (Å²) < 4.78 is 0. The normalized spacial score (nSPS) is 27.4. The van der Waals surface area contributed by atoms with Gasteiger partial charge in [0.2, 0.25) is 0 Å². The van der Waals surface area contributed by atoms with Crippen LogP contribution in [-0.4, -0.2) is 34.2 Å². The van der Waals surface area contributed by atoms with Crippen molar-refractivity contribution in [1.29, 1.82) is 0 Å². The Balaban J connectivity index is 2.56. The predicted molar refractivity (Wildman–Crippen MR) is 82.8 cm³/mol. The maximum absolute atomic E-state index is 11.7. The number of carboxylic acids is 1. The first kappa shape index (κ1) is 16.8. The maximum Gasteiger partial charge on any atom is 0.324 e. The molecule has 1 saturated carbocycles. The number of carbonyl (C=O) groups is 1. The van der Waals surface area contributed by atoms with Gasteiger partial charge in [-0.2, -0.15) is 11.8 Å². The molecular weight excluding hydrogens is 258 g/mol. The van der Waals surface area contributed by atoms with E-state index in [1.807, 2.05) is 25.6 Å². The summed E-state index contributed by atoms with van der Waals surface area (Å²) in [7, 11) is 0. The number of carboxylic acid groups (broad SMARTS) is 1. The summed E-state index contributed by atoms with van der Waals surface area (Å²) in [6.07, 6.45) is 3.88. The molecule has 0 aromatic carbocycles. The van der Waals surface area contributed by atoms with Crippen molar-refractivity contribution in [3.05, 3.63) is 0 Å². The van der Waals surface area contributed by atoms with Gasteiger partial charge in [0.05, 0.1) is 0 Å². The number of hydrogen-bond acceptors (Lipinski definition) is 3. The molecule has 0 bridgehead atoms. The molecule has 0 aromatic rings. The Hall–Kier alpha value is -0.220. The number of rotatable bonds is 8. The molecule has 0 radical (unpaired) electrons. The zero-order valence-corrected chi connectivity index (χ0v) is 13.6. The highest BCUT2D eigenvalue weighted by Crippen LogP contribution is 2.39. The molecule has 0 heterocycles. The molecule has 0 amide bonds. The highest BCUT2D eigenvalue weighted by molar-refractivity contribution is 7.99. The molecule has 3 nitrogen and oxygen atoms in total. The van der Waals surface area contributed by atoms with E-state index in [1.165, 1.54) is 5.75 Å². The minimum atomic E-state index is -0.674. The lowest BCUT2D eigenvalue weighted by molar-refractivity contribution is -0.147. The number of aliphatic carboxylic acids is 1. The van der Waals surface area contributed by atoms with Crippen LogP contribution in [0.4, 0.5) is 0 Å². The Morgan fingerprint density at radius 3 is 2.63 bits per heavy atom. The molecule has 4 heteroatoms. The molecule has 19 heavy (non-hydrogen) atoms. The number of nitrogens with one attached hydrogen (secondary N) is 1. The first-order valence-electron chi connectivity index (χ1n) is 7.47. The summed E-state index contributed by atoms with van der Waals surface area (Å²) in [4.78, 5) is 11.7. The summed E-state index contributed by atoms with van der Waals surface area (Å²) in [6.45, 7) is 8.52. The molecule has 1 aliphatic carbocycles. The highest BCUT2D eigenvalue weighted by Gasteiger charge is 2.48. The largest absolute Gasteiger partial charge is 0.480 e. The fourth-order valence-corrected chi connectivity index (χ4v) is 4.15. The fraction of sp³-hybridized carbons (Fsp3) is 0.933. The third-order valence-electron chi connectivity index (χ3n) is 3.81. The van der Waals surface area contributed by atoms with Gasteiger partial charge < -0.3 is 5.11 Å². The summed E-state index contributed by atoms with van der Waals surface area (Å²) in [5, 5.41) is 13.0. The van der Waals surface area contributed by atoms with Gasteiger partial charge in [0.15, 0.2) is 0 Å². The second kappa shape index (κ2) is 7.53. The van der Waals surface area contributed by atoms with Crippen molar-refractivity contribution in [2.24, 2.45) is 11.8 Å². The van der Waals surface area contributed by atoms with Crippen LogP contribution in [-0.2, 0) is 4.79 Å². The molecule has 2 N–H and O–H groups in total. The minimum Gasteiger partial charge on any atom is -0.480 e. The minimum absolute atomic E-state index is 0.222. The Morgan fingerprint density at radius 2 is 2.11 bits per heavy atom. The van der Waals surface area contributed by atoms with Gasteiger partial charge in [0, 0.05) is 6.04 Å². The lowest BCUT2D eigenvalue weighted by Gasteiger charge is -2.34. The van der Waals surface area contributed by atoms with E-state index in [9.17, 15) is 9.90 Å². The summed E-state index contributed by atoms with van der Waals surface area (Å²) in [5.41, 5.74) is -0.674. The van der Waals surface area contributed by atoms with Gasteiger partial charge in [-0.15, -0.1) is 0 Å². The molecule has 2 unspecified atom stereocenters. The Bertz CT molecular complexity index is 294. The fourth-order valence-electron chi connectivity index (χ4n) is 3.06. The summed E-state index contributed by atoms with van der Waals surface area (Å²) in [6, 6.07) is 0.222. The predicted octanol–water partition coefficient (Wildman–Crippen LogP) is 3.39. The molecule has 0 aliphatic heterocycles. The van der Waals surface area contributed by atoms with Crippen LogP contribution in [0.15, 0.2) is 0 Å². The van der Waals surface area contributed by atoms with Gasteiger partial charge in [0.25, 0.3) is 0 Å². The van der Waals surface area contributed by atoms with Crippen LogP contribution in [0.3, 0.4) is 0 Å². The van der Waals surface area contributed by atoms with Gasteiger partial charge in [-0.25, -0.2) is 0 Å². The second-order valence-corrected chi connectivity index (χ2v) is 7.57. The Kier molecular flexibility index (Phi) is 6.67. The average molecular weight is 287 g/mol. The van der Waals surface area contributed by atoms with Gasteiger partial charge >= 0.3 is 5.97 Å². The Morgan fingerprint density at radius 1 is 1.42 bits per heavy atom. The van der Waals surface area contributed by atoms with Gasteiger partial charge in [-0.3, -0.25) is 10.1 Å². The van der Waals surface area contributed by atoms with E-state index in [0.717, 1.165) is 31.4 Å². The van der Waals surface area contributed by atoms with Crippen molar-refractivity contribution in [1.82, 2.24) is 5.32 Å². The molecular formula is C15H29NO2S. The van der Waals surface area contributed by atoms with Gasteiger partial charge in [-0.05, 0) is 56.5 Å². The van der Waals surface area contributed by atoms with Crippen LogP contribution < -0.4 is 5.32 Å². The van der Waals surface area contributed by atoms with Crippen LogP contribution in [0.25, 0.3) is 0 Å². The molecule has 1 aliphatic rings. The van der Waals surface area contributed by atoms with E-state index < -0.39 is 11.5 Å². The lowest BCUT2D eigenvalue weighted by Crippen LogP contribution is -2.57. The topological polar surface area (TPSA) is 49.3 Å². The molecule has 2 atom stereocenters. The highest BCUT2D eigenvalue weighted by atomic mass is 32.2. The molecule has 0 spiro atoms.